The minimum Gasteiger partial charge on any atom is -0.468 e. The summed E-state index contributed by atoms with van der Waals surface area (Å²) in [6.07, 6.45) is 1.25. The van der Waals surface area contributed by atoms with Crippen LogP contribution in [-0.4, -0.2) is 62.9 Å². The molecule has 0 radical (unpaired) electrons. The first-order chi connectivity index (χ1) is 8.17. The number of hydrogen-bond acceptors (Lipinski definition) is 5. The Morgan fingerprint density at radius 2 is 2.41 bits per heavy atom. The van der Waals surface area contributed by atoms with Crippen molar-refractivity contribution < 1.29 is 14.3 Å². The van der Waals surface area contributed by atoms with E-state index in [1.54, 1.807) is 0 Å². The van der Waals surface area contributed by atoms with Crippen LogP contribution in [0.25, 0.3) is 0 Å². The van der Waals surface area contributed by atoms with Gasteiger partial charge in [-0.15, -0.1) is 0 Å². The summed E-state index contributed by atoms with van der Waals surface area (Å²) < 4.78 is 10.3. The maximum atomic E-state index is 11.6. The second-order valence-corrected chi connectivity index (χ2v) is 4.47. The average Bonchev–Trinajstić information content (AvgIpc) is 2.33. The summed E-state index contributed by atoms with van der Waals surface area (Å²) in [5.41, 5.74) is 0. The average molecular weight is 244 g/mol. The lowest BCUT2D eigenvalue weighted by Gasteiger charge is -2.33. The number of ether oxygens (including phenoxy) is 2. The van der Waals surface area contributed by atoms with Gasteiger partial charge >= 0.3 is 5.97 Å². The van der Waals surface area contributed by atoms with Crippen molar-refractivity contribution in [2.75, 3.05) is 39.9 Å². The number of methoxy groups -OCH3 is 1. The Balaban J connectivity index is 2.43. The van der Waals surface area contributed by atoms with Crippen LogP contribution in [0.5, 0.6) is 0 Å². The normalized spacial score (nSPS) is 23.4. The van der Waals surface area contributed by atoms with Crippen LogP contribution in [0.15, 0.2) is 0 Å². The largest absolute Gasteiger partial charge is 0.468 e. The quantitative estimate of drug-likeness (QED) is 0.679. The topological polar surface area (TPSA) is 50.8 Å². The van der Waals surface area contributed by atoms with Crippen LogP contribution in [0.3, 0.4) is 0 Å². The van der Waals surface area contributed by atoms with E-state index in [-0.39, 0.29) is 18.1 Å². The molecule has 1 fully saturated rings. The number of morpholine rings is 1. The summed E-state index contributed by atoms with van der Waals surface area (Å²) in [5.74, 6) is -0.183. The first kappa shape index (κ1) is 14.4. The Kier molecular flexibility index (Phi) is 6.47. The molecule has 0 aromatic heterocycles. The SMILES string of the molecule is CCCNC(CN1CCOC(C)C1)C(=O)OC. The van der Waals surface area contributed by atoms with E-state index in [1.165, 1.54) is 7.11 Å². The van der Waals surface area contributed by atoms with Crippen LogP contribution >= 0.6 is 0 Å². The zero-order valence-electron chi connectivity index (χ0n) is 11.1. The van der Waals surface area contributed by atoms with E-state index in [4.69, 9.17) is 9.47 Å². The van der Waals surface area contributed by atoms with Crippen molar-refractivity contribution in [3.8, 4) is 0 Å². The second kappa shape index (κ2) is 7.63. The monoisotopic (exact) mass is 244 g/mol. The summed E-state index contributed by atoms with van der Waals surface area (Å²) in [4.78, 5) is 13.9. The molecule has 1 aliphatic heterocycles. The predicted molar refractivity (Wildman–Crippen MR) is 66.0 cm³/mol. The van der Waals surface area contributed by atoms with Crippen LogP contribution in [0.1, 0.15) is 20.3 Å². The van der Waals surface area contributed by atoms with Gasteiger partial charge in [-0.3, -0.25) is 9.69 Å². The molecule has 0 aromatic carbocycles. The molecule has 0 spiro atoms. The molecule has 0 saturated carbocycles. The Labute approximate surface area is 103 Å². The van der Waals surface area contributed by atoms with E-state index >= 15 is 0 Å². The number of carbonyl (C=O) groups is 1. The lowest BCUT2D eigenvalue weighted by Crippen LogP contribution is -2.51. The van der Waals surface area contributed by atoms with Gasteiger partial charge in [-0.2, -0.15) is 0 Å². The van der Waals surface area contributed by atoms with E-state index in [2.05, 4.69) is 24.1 Å². The maximum absolute atomic E-state index is 11.6. The molecule has 1 N–H and O–H groups in total. The molecule has 1 aliphatic rings. The lowest BCUT2D eigenvalue weighted by molar-refractivity contribution is -0.144. The summed E-state index contributed by atoms with van der Waals surface area (Å²) in [5, 5.41) is 3.23. The summed E-state index contributed by atoms with van der Waals surface area (Å²) in [6, 6.07) is -0.231. The molecular weight excluding hydrogens is 220 g/mol. The van der Waals surface area contributed by atoms with Crippen LogP contribution in [0, 0.1) is 0 Å². The molecule has 17 heavy (non-hydrogen) atoms. The van der Waals surface area contributed by atoms with Crippen LogP contribution < -0.4 is 5.32 Å². The second-order valence-electron chi connectivity index (χ2n) is 4.47. The molecule has 0 aromatic rings. The standard InChI is InChI=1S/C12H24N2O3/c1-4-5-13-11(12(15)16-3)9-14-6-7-17-10(2)8-14/h10-11,13H,4-9H2,1-3H3. The molecular formula is C12H24N2O3. The third-order valence-electron chi connectivity index (χ3n) is 2.89. The zero-order valence-corrected chi connectivity index (χ0v) is 11.1. The van der Waals surface area contributed by atoms with Crippen molar-refractivity contribution in [2.24, 2.45) is 0 Å². The van der Waals surface area contributed by atoms with Gasteiger partial charge in [0, 0.05) is 19.6 Å². The van der Waals surface area contributed by atoms with Gasteiger partial charge in [0.25, 0.3) is 0 Å². The van der Waals surface area contributed by atoms with Crippen molar-refractivity contribution in [3.05, 3.63) is 0 Å². The highest BCUT2D eigenvalue weighted by Crippen LogP contribution is 2.05. The Bertz CT molecular complexity index is 236. The Morgan fingerprint density at radius 3 is 3.00 bits per heavy atom. The molecule has 0 aliphatic carbocycles. The van der Waals surface area contributed by atoms with E-state index in [0.717, 1.165) is 32.7 Å². The van der Waals surface area contributed by atoms with Crippen LogP contribution in [-0.2, 0) is 14.3 Å². The molecule has 0 amide bonds. The first-order valence-electron chi connectivity index (χ1n) is 6.32. The summed E-state index contributed by atoms with van der Waals surface area (Å²) >= 11 is 0. The zero-order chi connectivity index (χ0) is 12.7. The van der Waals surface area contributed by atoms with Crippen molar-refractivity contribution in [2.45, 2.75) is 32.4 Å². The van der Waals surface area contributed by atoms with Gasteiger partial charge in [0.15, 0.2) is 0 Å². The molecule has 5 heteroatoms. The third-order valence-corrected chi connectivity index (χ3v) is 2.89. The molecule has 1 rings (SSSR count). The molecule has 1 saturated heterocycles. The van der Waals surface area contributed by atoms with Gasteiger partial charge in [-0.25, -0.2) is 0 Å². The third kappa shape index (κ3) is 5.02. The molecule has 2 atom stereocenters. The number of rotatable bonds is 6. The van der Waals surface area contributed by atoms with E-state index in [9.17, 15) is 4.79 Å². The minimum atomic E-state index is -0.231. The van der Waals surface area contributed by atoms with Crippen molar-refractivity contribution in [1.82, 2.24) is 10.2 Å². The highest BCUT2D eigenvalue weighted by atomic mass is 16.5. The molecule has 0 bridgehead atoms. The number of nitrogens with one attached hydrogen (secondary N) is 1. The van der Waals surface area contributed by atoms with Gasteiger partial charge in [-0.1, -0.05) is 6.92 Å². The van der Waals surface area contributed by atoms with Gasteiger partial charge in [0.05, 0.1) is 19.8 Å². The van der Waals surface area contributed by atoms with Gasteiger partial charge in [0.2, 0.25) is 0 Å². The number of carbonyl (C=O) groups excluding carboxylic acids is 1. The summed E-state index contributed by atoms with van der Waals surface area (Å²) in [6.45, 7) is 8.16. The predicted octanol–water partition coefficient (Wildman–Crippen LogP) is 0.248. The van der Waals surface area contributed by atoms with Gasteiger partial charge in [-0.05, 0) is 19.9 Å². The highest BCUT2D eigenvalue weighted by molar-refractivity contribution is 5.75. The van der Waals surface area contributed by atoms with Gasteiger partial charge in [0.1, 0.15) is 6.04 Å². The molecule has 100 valence electrons. The van der Waals surface area contributed by atoms with E-state index < -0.39 is 0 Å². The van der Waals surface area contributed by atoms with E-state index in [1.807, 2.05) is 0 Å². The van der Waals surface area contributed by atoms with Crippen LogP contribution in [0.2, 0.25) is 0 Å². The Morgan fingerprint density at radius 1 is 1.65 bits per heavy atom. The number of hydrogen-bond donors (Lipinski definition) is 1. The fourth-order valence-corrected chi connectivity index (χ4v) is 2.00. The molecule has 5 nitrogen and oxygen atoms in total. The fourth-order valence-electron chi connectivity index (χ4n) is 2.00. The van der Waals surface area contributed by atoms with Crippen molar-refractivity contribution >= 4 is 5.97 Å². The smallest absolute Gasteiger partial charge is 0.324 e. The van der Waals surface area contributed by atoms with E-state index in [0.29, 0.717) is 6.54 Å². The van der Waals surface area contributed by atoms with Crippen LogP contribution in [0.4, 0.5) is 0 Å². The van der Waals surface area contributed by atoms with Crippen molar-refractivity contribution in [3.63, 3.8) is 0 Å². The molecule has 2 unspecified atom stereocenters. The molecule has 1 heterocycles. The first-order valence-corrected chi connectivity index (χ1v) is 6.32. The number of esters is 1. The maximum Gasteiger partial charge on any atom is 0.324 e. The Hall–Kier alpha value is -0.650. The van der Waals surface area contributed by atoms with Gasteiger partial charge < -0.3 is 14.8 Å². The van der Waals surface area contributed by atoms with Crippen molar-refractivity contribution in [1.29, 1.82) is 0 Å². The highest BCUT2D eigenvalue weighted by Gasteiger charge is 2.24. The fraction of sp³-hybridized carbons (Fsp3) is 0.917. The minimum absolute atomic E-state index is 0.183. The summed E-state index contributed by atoms with van der Waals surface area (Å²) in [7, 11) is 1.44. The number of nitrogens with zero attached hydrogens (tertiary/aromatic N) is 1. The lowest BCUT2D eigenvalue weighted by atomic mass is 10.2.